The summed E-state index contributed by atoms with van der Waals surface area (Å²) in [7, 11) is 0. The average Bonchev–Trinajstić information content (AvgIpc) is 3.01. The van der Waals surface area contributed by atoms with Crippen molar-refractivity contribution < 1.29 is 24.1 Å². The van der Waals surface area contributed by atoms with Crippen molar-refractivity contribution >= 4 is 0 Å². The Morgan fingerprint density at radius 3 is 1.41 bits per heavy atom. The predicted octanol–water partition coefficient (Wildman–Crippen LogP) is 5.42. The first-order valence-electron chi connectivity index (χ1n) is 14.2. The second kappa shape index (κ2) is 14.5. The Balaban J connectivity index is 1.40. The summed E-state index contributed by atoms with van der Waals surface area (Å²) in [4.78, 5) is 0. The molecule has 0 radical (unpaired) electrons. The lowest BCUT2D eigenvalue weighted by Crippen LogP contribution is -2.68. The molecule has 1 saturated carbocycles. The highest BCUT2D eigenvalue weighted by molar-refractivity contribution is 5.17. The molecule has 1 aliphatic carbocycles. The summed E-state index contributed by atoms with van der Waals surface area (Å²) in [5, 5.41) is 12.2. The van der Waals surface area contributed by atoms with Gasteiger partial charge in [0.05, 0.1) is 33.0 Å². The maximum absolute atomic E-state index is 12.2. The highest BCUT2D eigenvalue weighted by atomic mass is 16.6. The highest BCUT2D eigenvalue weighted by Crippen LogP contribution is 2.36. The fourth-order valence-corrected chi connectivity index (χ4v) is 5.37. The number of benzene rings is 4. The lowest BCUT2D eigenvalue weighted by atomic mass is 9.76. The third-order valence-corrected chi connectivity index (χ3v) is 7.47. The lowest BCUT2D eigenvalue weighted by molar-refractivity contribution is -0.253. The summed E-state index contributed by atoms with van der Waals surface area (Å²) in [5.41, 5.74) is 9.44. The van der Waals surface area contributed by atoms with Crippen molar-refractivity contribution in [3.05, 3.63) is 144 Å². The van der Waals surface area contributed by atoms with Crippen LogP contribution in [0, 0.1) is 0 Å². The Hall–Kier alpha value is -3.36. The molecule has 6 heteroatoms. The highest BCUT2D eigenvalue weighted by Gasteiger charge is 2.54. The number of hydrogen-bond acceptors (Lipinski definition) is 6. The first-order valence-corrected chi connectivity index (χ1v) is 14.2. The molecule has 214 valence electrons. The van der Waals surface area contributed by atoms with E-state index in [0.29, 0.717) is 26.4 Å². The van der Waals surface area contributed by atoms with Crippen LogP contribution in [0.5, 0.6) is 0 Å². The molecule has 0 heterocycles. The van der Waals surface area contributed by atoms with Gasteiger partial charge in [0.1, 0.15) is 23.9 Å². The van der Waals surface area contributed by atoms with Gasteiger partial charge in [-0.1, -0.05) is 121 Å². The van der Waals surface area contributed by atoms with Crippen molar-refractivity contribution in [2.75, 3.05) is 6.61 Å². The summed E-state index contributed by atoms with van der Waals surface area (Å²) in [5.74, 6) is 0. The molecule has 4 aromatic rings. The average molecular weight is 554 g/mol. The zero-order valence-electron chi connectivity index (χ0n) is 23.3. The van der Waals surface area contributed by atoms with Crippen molar-refractivity contribution in [2.45, 2.75) is 62.8 Å². The van der Waals surface area contributed by atoms with E-state index >= 15 is 0 Å². The minimum atomic E-state index is -1.39. The SMILES string of the molecule is N[C@H]1C[C@](O)(COCc2ccccc2)[C@@H](OCc2ccccc2)[C@H](OCc2ccccc2)[C@H]1OCc1ccccc1. The Kier molecular flexibility index (Phi) is 10.3. The maximum Gasteiger partial charge on any atom is 0.118 e. The largest absolute Gasteiger partial charge is 0.385 e. The van der Waals surface area contributed by atoms with Gasteiger partial charge < -0.3 is 29.8 Å². The third kappa shape index (κ3) is 8.11. The van der Waals surface area contributed by atoms with Gasteiger partial charge in [-0.15, -0.1) is 0 Å². The number of hydrogen-bond donors (Lipinski definition) is 2. The minimum absolute atomic E-state index is 0.0473. The van der Waals surface area contributed by atoms with Crippen LogP contribution < -0.4 is 5.73 Å². The maximum atomic E-state index is 12.2. The quantitative estimate of drug-likeness (QED) is 0.230. The Morgan fingerprint density at radius 1 is 0.561 bits per heavy atom. The van der Waals surface area contributed by atoms with Crippen LogP contribution in [0.3, 0.4) is 0 Å². The van der Waals surface area contributed by atoms with Gasteiger partial charge >= 0.3 is 0 Å². The normalized spacial score (nSPS) is 24.2. The topological polar surface area (TPSA) is 83.2 Å². The molecule has 0 aromatic heterocycles. The first kappa shape index (κ1) is 29.1. The second-order valence-electron chi connectivity index (χ2n) is 10.7. The summed E-state index contributed by atoms with van der Waals surface area (Å²) in [6.07, 6.45) is -1.65. The van der Waals surface area contributed by atoms with Crippen LogP contribution >= 0.6 is 0 Å². The Bertz CT molecular complexity index is 1290. The smallest absolute Gasteiger partial charge is 0.118 e. The van der Waals surface area contributed by atoms with Crippen molar-refractivity contribution in [1.82, 2.24) is 0 Å². The van der Waals surface area contributed by atoms with Gasteiger partial charge in [-0.2, -0.15) is 0 Å². The molecule has 6 nitrogen and oxygen atoms in total. The monoisotopic (exact) mass is 553 g/mol. The summed E-state index contributed by atoms with van der Waals surface area (Å²) in [6, 6.07) is 39.3. The molecule has 3 N–H and O–H groups in total. The first-order chi connectivity index (χ1) is 20.1. The molecule has 0 unspecified atom stereocenters. The van der Waals surface area contributed by atoms with E-state index in [2.05, 4.69) is 0 Å². The van der Waals surface area contributed by atoms with E-state index in [4.69, 9.17) is 24.7 Å². The van der Waals surface area contributed by atoms with E-state index in [1.807, 2.05) is 121 Å². The molecule has 5 atom stereocenters. The van der Waals surface area contributed by atoms with Crippen molar-refractivity contribution in [2.24, 2.45) is 5.73 Å². The molecule has 1 aliphatic rings. The molecule has 5 rings (SSSR count). The van der Waals surface area contributed by atoms with Crippen molar-refractivity contribution in [3.8, 4) is 0 Å². The number of ether oxygens (including phenoxy) is 4. The minimum Gasteiger partial charge on any atom is -0.385 e. The second-order valence-corrected chi connectivity index (χ2v) is 10.7. The molecule has 0 bridgehead atoms. The Morgan fingerprint density at radius 2 is 0.951 bits per heavy atom. The summed E-state index contributed by atoms with van der Waals surface area (Å²) in [6.45, 7) is 1.42. The van der Waals surface area contributed by atoms with E-state index in [9.17, 15) is 5.11 Å². The van der Waals surface area contributed by atoms with Crippen LogP contribution in [0.1, 0.15) is 28.7 Å². The molecule has 1 fully saturated rings. The van der Waals surface area contributed by atoms with E-state index in [-0.39, 0.29) is 13.0 Å². The molecular weight excluding hydrogens is 514 g/mol. The van der Waals surface area contributed by atoms with E-state index in [1.165, 1.54) is 0 Å². The molecule has 41 heavy (non-hydrogen) atoms. The van der Waals surface area contributed by atoms with Crippen LogP contribution in [0.2, 0.25) is 0 Å². The van der Waals surface area contributed by atoms with Crippen LogP contribution in [0.25, 0.3) is 0 Å². The van der Waals surface area contributed by atoms with Gasteiger partial charge in [0.2, 0.25) is 0 Å². The molecule has 4 aromatic carbocycles. The molecular formula is C35H39NO5. The van der Waals surface area contributed by atoms with Crippen LogP contribution in [0.4, 0.5) is 0 Å². The van der Waals surface area contributed by atoms with Gasteiger partial charge in [0.25, 0.3) is 0 Å². The lowest BCUT2D eigenvalue weighted by Gasteiger charge is -2.49. The summed E-state index contributed by atoms with van der Waals surface area (Å²) < 4.78 is 25.6. The molecule has 0 aliphatic heterocycles. The van der Waals surface area contributed by atoms with E-state index in [0.717, 1.165) is 22.3 Å². The van der Waals surface area contributed by atoms with Gasteiger partial charge in [-0.3, -0.25) is 0 Å². The van der Waals surface area contributed by atoms with Crippen LogP contribution in [-0.4, -0.2) is 41.7 Å². The van der Waals surface area contributed by atoms with Gasteiger partial charge in [-0.05, 0) is 28.7 Å². The standard InChI is InChI=1S/C35H39NO5/c36-31-21-35(37,26-38-22-27-13-5-1-6-14-27)34(41-25-30-19-11-4-12-20-30)33(40-24-29-17-9-3-10-18-29)32(31)39-23-28-15-7-2-8-16-28/h1-20,31-34,37H,21-26,36H2/t31-,32-,33+,34-,35-/m0/s1. The fraction of sp³-hybridized carbons (Fsp3) is 0.314. The van der Waals surface area contributed by atoms with Crippen LogP contribution in [-0.2, 0) is 45.4 Å². The van der Waals surface area contributed by atoms with Crippen molar-refractivity contribution in [3.63, 3.8) is 0 Å². The number of rotatable bonds is 13. The van der Waals surface area contributed by atoms with Crippen LogP contribution in [0.15, 0.2) is 121 Å². The fourth-order valence-electron chi connectivity index (χ4n) is 5.37. The Labute approximate surface area is 242 Å². The zero-order chi connectivity index (χ0) is 28.3. The molecule has 0 spiro atoms. The number of aliphatic hydroxyl groups is 1. The van der Waals surface area contributed by atoms with E-state index < -0.39 is 30.0 Å². The number of nitrogens with two attached hydrogens (primary N) is 1. The third-order valence-electron chi connectivity index (χ3n) is 7.47. The van der Waals surface area contributed by atoms with Gasteiger partial charge in [-0.25, -0.2) is 0 Å². The van der Waals surface area contributed by atoms with Crippen molar-refractivity contribution in [1.29, 1.82) is 0 Å². The summed E-state index contributed by atoms with van der Waals surface area (Å²) >= 11 is 0. The zero-order valence-corrected chi connectivity index (χ0v) is 23.3. The molecule has 0 saturated heterocycles. The van der Waals surface area contributed by atoms with Gasteiger partial charge in [0.15, 0.2) is 0 Å². The van der Waals surface area contributed by atoms with Gasteiger partial charge in [0, 0.05) is 6.04 Å². The predicted molar refractivity (Wildman–Crippen MR) is 159 cm³/mol. The molecule has 0 amide bonds. The van der Waals surface area contributed by atoms with E-state index in [1.54, 1.807) is 0 Å².